The molecule has 0 aliphatic carbocycles. The number of anilines is 1. The fourth-order valence-corrected chi connectivity index (χ4v) is 1.60. The number of carbonyl (C=O) groups excluding carboxylic acids is 1. The molecule has 0 aromatic heterocycles. The lowest BCUT2D eigenvalue weighted by Crippen LogP contribution is -2.04. The molecular weight excluding hydrogens is 188 g/mol. The van der Waals surface area contributed by atoms with Crippen molar-refractivity contribution in [1.29, 1.82) is 0 Å². The second-order valence-corrected chi connectivity index (χ2v) is 3.25. The molecule has 0 radical (unpaired) electrons. The summed E-state index contributed by atoms with van der Waals surface area (Å²) >= 11 is 0. The van der Waals surface area contributed by atoms with E-state index in [4.69, 9.17) is 0 Å². The SMILES string of the molecule is CC.CNCc1ccc2c(c1)CC(=O)N2. The van der Waals surface area contributed by atoms with Crippen LogP contribution in [0.2, 0.25) is 0 Å². The summed E-state index contributed by atoms with van der Waals surface area (Å²) in [5, 5.41) is 5.89. The molecule has 3 nitrogen and oxygen atoms in total. The maximum Gasteiger partial charge on any atom is 0.228 e. The average molecular weight is 206 g/mol. The third-order valence-corrected chi connectivity index (χ3v) is 2.18. The van der Waals surface area contributed by atoms with Crippen LogP contribution in [0.1, 0.15) is 25.0 Å². The maximum absolute atomic E-state index is 11.0. The fraction of sp³-hybridized carbons (Fsp3) is 0.417. The molecule has 1 aromatic carbocycles. The lowest BCUT2D eigenvalue weighted by molar-refractivity contribution is -0.115. The van der Waals surface area contributed by atoms with Crippen LogP contribution < -0.4 is 10.6 Å². The Labute approximate surface area is 90.9 Å². The molecule has 2 rings (SSSR count). The topological polar surface area (TPSA) is 41.1 Å². The van der Waals surface area contributed by atoms with E-state index in [0.717, 1.165) is 17.8 Å². The van der Waals surface area contributed by atoms with Gasteiger partial charge in [0.05, 0.1) is 6.42 Å². The van der Waals surface area contributed by atoms with Crippen molar-refractivity contribution < 1.29 is 4.79 Å². The smallest absolute Gasteiger partial charge is 0.228 e. The molecule has 1 amide bonds. The van der Waals surface area contributed by atoms with Crippen molar-refractivity contribution in [2.45, 2.75) is 26.8 Å². The van der Waals surface area contributed by atoms with Gasteiger partial charge >= 0.3 is 0 Å². The zero-order valence-corrected chi connectivity index (χ0v) is 9.55. The second kappa shape index (κ2) is 5.51. The Morgan fingerprint density at radius 1 is 1.40 bits per heavy atom. The maximum atomic E-state index is 11.0. The van der Waals surface area contributed by atoms with Gasteiger partial charge in [0.1, 0.15) is 0 Å². The molecule has 0 atom stereocenters. The van der Waals surface area contributed by atoms with Gasteiger partial charge < -0.3 is 10.6 Å². The number of hydrogen-bond acceptors (Lipinski definition) is 2. The van der Waals surface area contributed by atoms with Crippen LogP contribution in [0.25, 0.3) is 0 Å². The van der Waals surface area contributed by atoms with E-state index in [1.807, 2.05) is 33.0 Å². The number of rotatable bonds is 2. The predicted molar refractivity (Wildman–Crippen MR) is 62.9 cm³/mol. The first-order valence-corrected chi connectivity index (χ1v) is 5.36. The van der Waals surface area contributed by atoms with Gasteiger partial charge in [-0.2, -0.15) is 0 Å². The summed E-state index contributed by atoms with van der Waals surface area (Å²) in [6.07, 6.45) is 0.521. The summed E-state index contributed by atoms with van der Waals surface area (Å²) in [7, 11) is 1.91. The van der Waals surface area contributed by atoms with Crippen LogP contribution in [0.5, 0.6) is 0 Å². The number of fused-ring (bicyclic) bond motifs is 1. The van der Waals surface area contributed by atoms with Gasteiger partial charge in [0, 0.05) is 12.2 Å². The minimum atomic E-state index is 0.0941. The molecule has 0 bridgehead atoms. The lowest BCUT2D eigenvalue weighted by Gasteiger charge is -2.02. The van der Waals surface area contributed by atoms with Crippen molar-refractivity contribution >= 4 is 11.6 Å². The van der Waals surface area contributed by atoms with E-state index < -0.39 is 0 Å². The number of amides is 1. The largest absolute Gasteiger partial charge is 0.326 e. The summed E-state index contributed by atoms with van der Waals surface area (Å²) in [5.74, 6) is 0.0941. The molecule has 0 saturated heterocycles. The molecule has 1 aliphatic rings. The molecule has 15 heavy (non-hydrogen) atoms. The van der Waals surface area contributed by atoms with Gasteiger partial charge in [0.15, 0.2) is 0 Å². The highest BCUT2D eigenvalue weighted by atomic mass is 16.1. The van der Waals surface area contributed by atoms with Gasteiger partial charge in [-0.05, 0) is 24.2 Å². The summed E-state index contributed by atoms with van der Waals surface area (Å²) < 4.78 is 0. The molecule has 1 aromatic rings. The van der Waals surface area contributed by atoms with E-state index in [1.54, 1.807) is 0 Å². The van der Waals surface area contributed by atoms with Crippen LogP contribution in [0, 0.1) is 0 Å². The Kier molecular flexibility index (Phi) is 4.31. The molecule has 2 N–H and O–H groups in total. The quantitative estimate of drug-likeness (QED) is 0.776. The Morgan fingerprint density at radius 3 is 2.80 bits per heavy atom. The summed E-state index contributed by atoms with van der Waals surface area (Å²) in [4.78, 5) is 11.0. The molecule has 0 spiro atoms. The van der Waals surface area contributed by atoms with Gasteiger partial charge in [-0.15, -0.1) is 0 Å². The number of carbonyl (C=O) groups is 1. The Hall–Kier alpha value is -1.35. The minimum absolute atomic E-state index is 0.0941. The third-order valence-electron chi connectivity index (χ3n) is 2.18. The van der Waals surface area contributed by atoms with E-state index in [-0.39, 0.29) is 5.91 Å². The molecule has 82 valence electrons. The lowest BCUT2D eigenvalue weighted by atomic mass is 10.1. The van der Waals surface area contributed by atoms with Crippen LogP contribution in [-0.2, 0) is 17.8 Å². The van der Waals surface area contributed by atoms with Crippen molar-refractivity contribution in [3.63, 3.8) is 0 Å². The predicted octanol–water partition coefficient (Wildman–Crippen LogP) is 1.93. The van der Waals surface area contributed by atoms with Crippen molar-refractivity contribution in [1.82, 2.24) is 5.32 Å². The standard InChI is InChI=1S/C10H12N2O.C2H6/c1-11-6-7-2-3-9-8(4-7)5-10(13)12-9;1-2/h2-4,11H,5-6H2,1H3,(H,12,13);1-2H3. The molecule has 0 saturated carbocycles. The van der Waals surface area contributed by atoms with Crippen LogP contribution in [0.3, 0.4) is 0 Å². The van der Waals surface area contributed by atoms with E-state index in [2.05, 4.69) is 16.7 Å². The van der Waals surface area contributed by atoms with Crippen molar-refractivity contribution in [2.24, 2.45) is 0 Å². The zero-order valence-electron chi connectivity index (χ0n) is 9.55. The first kappa shape index (κ1) is 11.7. The Balaban J connectivity index is 0.000000531. The van der Waals surface area contributed by atoms with E-state index >= 15 is 0 Å². The Morgan fingerprint density at radius 2 is 2.13 bits per heavy atom. The number of nitrogens with one attached hydrogen (secondary N) is 2. The summed E-state index contributed by atoms with van der Waals surface area (Å²) in [6, 6.07) is 6.07. The second-order valence-electron chi connectivity index (χ2n) is 3.25. The highest BCUT2D eigenvalue weighted by Gasteiger charge is 2.16. The normalized spacial score (nSPS) is 12.6. The van der Waals surface area contributed by atoms with E-state index in [1.165, 1.54) is 5.56 Å². The third kappa shape index (κ3) is 2.80. The number of hydrogen-bond donors (Lipinski definition) is 2. The fourth-order valence-electron chi connectivity index (χ4n) is 1.60. The van der Waals surface area contributed by atoms with E-state index in [9.17, 15) is 4.79 Å². The van der Waals surface area contributed by atoms with Crippen LogP contribution in [-0.4, -0.2) is 13.0 Å². The van der Waals surface area contributed by atoms with Gasteiger partial charge in [-0.25, -0.2) is 0 Å². The van der Waals surface area contributed by atoms with Crippen molar-refractivity contribution in [2.75, 3.05) is 12.4 Å². The highest BCUT2D eigenvalue weighted by molar-refractivity contribution is 5.99. The minimum Gasteiger partial charge on any atom is -0.326 e. The molecule has 3 heteroatoms. The van der Waals surface area contributed by atoms with E-state index in [0.29, 0.717) is 6.42 Å². The summed E-state index contributed by atoms with van der Waals surface area (Å²) in [6.45, 7) is 4.85. The van der Waals surface area contributed by atoms with Crippen LogP contribution in [0.4, 0.5) is 5.69 Å². The van der Waals surface area contributed by atoms with Gasteiger partial charge in [-0.3, -0.25) is 4.79 Å². The van der Waals surface area contributed by atoms with Crippen LogP contribution >= 0.6 is 0 Å². The monoisotopic (exact) mass is 206 g/mol. The number of benzene rings is 1. The molecule has 0 fully saturated rings. The molecular formula is C12H18N2O. The first-order chi connectivity index (χ1) is 7.29. The molecule has 0 unspecified atom stereocenters. The highest BCUT2D eigenvalue weighted by Crippen LogP contribution is 2.23. The van der Waals surface area contributed by atoms with Gasteiger partial charge in [-0.1, -0.05) is 26.0 Å². The van der Waals surface area contributed by atoms with Gasteiger partial charge in [0.25, 0.3) is 0 Å². The average Bonchev–Trinajstić information content (AvgIpc) is 2.61. The van der Waals surface area contributed by atoms with Crippen molar-refractivity contribution in [3.8, 4) is 0 Å². The zero-order chi connectivity index (χ0) is 11.3. The van der Waals surface area contributed by atoms with Crippen LogP contribution in [0.15, 0.2) is 18.2 Å². The van der Waals surface area contributed by atoms with Gasteiger partial charge in [0.2, 0.25) is 5.91 Å². The first-order valence-electron chi connectivity index (χ1n) is 5.36. The molecule has 1 heterocycles. The summed E-state index contributed by atoms with van der Waals surface area (Å²) in [5.41, 5.74) is 3.29. The Bertz CT molecular complexity index is 347. The molecule has 1 aliphatic heterocycles. The van der Waals surface area contributed by atoms with Crippen molar-refractivity contribution in [3.05, 3.63) is 29.3 Å².